The van der Waals surface area contributed by atoms with Crippen LogP contribution < -0.4 is 5.32 Å². The molecule has 1 aromatic carbocycles. The lowest BCUT2D eigenvalue weighted by Crippen LogP contribution is -2.22. The number of aromatic nitrogens is 5. The van der Waals surface area contributed by atoms with Gasteiger partial charge in [0.05, 0.1) is 5.69 Å². The Morgan fingerprint density at radius 1 is 1.25 bits per heavy atom. The molecule has 2 heterocycles. The Labute approximate surface area is 114 Å². The highest BCUT2D eigenvalue weighted by Crippen LogP contribution is 2.08. The fourth-order valence-corrected chi connectivity index (χ4v) is 1.80. The van der Waals surface area contributed by atoms with Gasteiger partial charge in [-0.3, -0.25) is 4.79 Å². The molecule has 0 atom stereocenters. The summed E-state index contributed by atoms with van der Waals surface area (Å²) in [5.74, 6) is -0.116. The first kappa shape index (κ1) is 12.1. The van der Waals surface area contributed by atoms with Crippen LogP contribution in [0.4, 0.5) is 0 Å². The van der Waals surface area contributed by atoms with Gasteiger partial charge in [0.25, 0.3) is 5.91 Å². The van der Waals surface area contributed by atoms with Gasteiger partial charge in [0.15, 0.2) is 0 Å². The number of amides is 1. The molecule has 3 aromatic rings. The molecule has 7 nitrogen and oxygen atoms in total. The van der Waals surface area contributed by atoms with E-state index in [9.17, 15) is 4.79 Å². The normalized spacial score (nSPS) is 10.4. The van der Waals surface area contributed by atoms with E-state index in [-0.39, 0.29) is 5.91 Å². The summed E-state index contributed by atoms with van der Waals surface area (Å²) in [6.07, 6.45) is 5.17. The monoisotopic (exact) mass is 268 g/mol. The number of rotatable bonds is 4. The summed E-state index contributed by atoms with van der Waals surface area (Å²) in [6, 6.07) is 8.98. The minimum Gasteiger partial charge on any atom is -0.367 e. The van der Waals surface area contributed by atoms with Crippen LogP contribution in [-0.2, 0) is 6.54 Å². The highest BCUT2D eigenvalue weighted by Gasteiger charge is 2.06. The van der Waals surface area contributed by atoms with Crippen LogP contribution in [0.3, 0.4) is 0 Å². The van der Waals surface area contributed by atoms with Crippen LogP contribution in [0.5, 0.6) is 0 Å². The maximum Gasteiger partial charge on any atom is 0.251 e. The van der Waals surface area contributed by atoms with E-state index in [1.165, 1.54) is 11.0 Å². The third-order valence-corrected chi connectivity index (χ3v) is 2.86. The molecule has 100 valence electrons. The van der Waals surface area contributed by atoms with E-state index in [0.29, 0.717) is 12.1 Å². The van der Waals surface area contributed by atoms with Crippen molar-refractivity contribution in [1.29, 1.82) is 0 Å². The molecular formula is C13H12N6O. The molecule has 1 amide bonds. The largest absolute Gasteiger partial charge is 0.367 e. The molecule has 0 aliphatic heterocycles. The quantitative estimate of drug-likeness (QED) is 0.736. The summed E-state index contributed by atoms with van der Waals surface area (Å²) in [6.45, 7) is 0.497. The van der Waals surface area contributed by atoms with E-state index in [1.54, 1.807) is 24.3 Å². The number of tetrazole rings is 1. The van der Waals surface area contributed by atoms with Crippen LogP contribution in [0.1, 0.15) is 15.9 Å². The van der Waals surface area contributed by atoms with Crippen LogP contribution in [0.15, 0.2) is 49.1 Å². The number of carbonyl (C=O) groups is 1. The Balaban J connectivity index is 1.66. The zero-order valence-electron chi connectivity index (χ0n) is 10.5. The van der Waals surface area contributed by atoms with Crippen molar-refractivity contribution in [3.8, 4) is 5.69 Å². The fourth-order valence-electron chi connectivity index (χ4n) is 1.80. The van der Waals surface area contributed by atoms with Crippen molar-refractivity contribution >= 4 is 5.91 Å². The van der Waals surface area contributed by atoms with Crippen molar-refractivity contribution in [1.82, 2.24) is 30.5 Å². The van der Waals surface area contributed by atoms with Gasteiger partial charge in [-0.1, -0.05) is 0 Å². The number of hydrogen-bond acceptors (Lipinski definition) is 4. The number of aromatic amines is 1. The van der Waals surface area contributed by atoms with E-state index < -0.39 is 0 Å². The van der Waals surface area contributed by atoms with Crippen molar-refractivity contribution in [2.24, 2.45) is 0 Å². The molecule has 0 spiro atoms. The molecule has 0 bridgehead atoms. The Hall–Kier alpha value is -2.96. The van der Waals surface area contributed by atoms with Crippen LogP contribution in [0, 0.1) is 0 Å². The number of hydrogen-bond donors (Lipinski definition) is 2. The van der Waals surface area contributed by atoms with Crippen molar-refractivity contribution in [3.05, 3.63) is 60.2 Å². The Morgan fingerprint density at radius 2 is 2.10 bits per heavy atom. The van der Waals surface area contributed by atoms with Crippen LogP contribution in [-0.4, -0.2) is 31.1 Å². The number of nitrogens with one attached hydrogen (secondary N) is 2. The highest BCUT2D eigenvalue weighted by atomic mass is 16.1. The molecule has 0 fully saturated rings. The SMILES string of the molecule is O=C(NCc1cc[nH]c1)c1ccc(-n2cnnn2)cc1. The zero-order valence-corrected chi connectivity index (χ0v) is 10.5. The standard InChI is InChI=1S/C13H12N6O/c20-13(15-8-10-5-6-14-7-10)11-1-3-12(4-2-11)19-9-16-17-18-19/h1-7,9,14H,8H2,(H,15,20). The summed E-state index contributed by atoms with van der Waals surface area (Å²) >= 11 is 0. The summed E-state index contributed by atoms with van der Waals surface area (Å²) < 4.78 is 1.53. The second-order valence-electron chi connectivity index (χ2n) is 4.20. The lowest BCUT2D eigenvalue weighted by Gasteiger charge is -2.05. The van der Waals surface area contributed by atoms with E-state index >= 15 is 0 Å². The molecule has 0 aliphatic rings. The molecule has 2 aromatic heterocycles. The average Bonchev–Trinajstić information content (AvgIpc) is 3.18. The molecule has 0 aliphatic carbocycles. The van der Waals surface area contributed by atoms with Gasteiger partial charge >= 0.3 is 0 Å². The minimum atomic E-state index is -0.116. The highest BCUT2D eigenvalue weighted by molar-refractivity contribution is 5.94. The van der Waals surface area contributed by atoms with E-state index in [1.807, 2.05) is 18.5 Å². The summed E-state index contributed by atoms with van der Waals surface area (Å²) in [5.41, 5.74) is 2.43. The number of benzene rings is 1. The smallest absolute Gasteiger partial charge is 0.251 e. The Kier molecular flexibility index (Phi) is 3.24. The summed E-state index contributed by atoms with van der Waals surface area (Å²) in [5, 5.41) is 13.8. The maximum atomic E-state index is 12.0. The summed E-state index contributed by atoms with van der Waals surface area (Å²) in [7, 11) is 0. The molecule has 0 saturated carbocycles. The summed E-state index contributed by atoms with van der Waals surface area (Å²) in [4.78, 5) is 14.9. The third-order valence-electron chi connectivity index (χ3n) is 2.86. The molecule has 2 N–H and O–H groups in total. The van der Waals surface area contributed by atoms with Gasteiger partial charge in [0.2, 0.25) is 0 Å². The zero-order chi connectivity index (χ0) is 13.8. The second-order valence-corrected chi connectivity index (χ2v) is 4.20. The number of H-pyrrole nitrogens is 1. The van der Waals surface area contributed by atoms with Gasteiger partial charge < -0.3 is 10.3 Å². The van der Waals surface area contributed by atoms with Crippen LogP contribution in [0.2, 0.25) is 0 Å². The second kappa shape index (κ2) is 5.35. The molecule has 20 heavy (non-hydrogen) atoms. The van der Waals surface area contributed by atoms with Gasteiger partial charge in [0.1, 0.15) is 6.33 Å². The molecule has 7 heteroatoms. The lowest BCUT2D eigenvalue weighted by molar-refractivity contribution is 0.0951. The molecule has 3 rings (SSSR count). The minimum absolute atomic E-state index is 0.116. The van der Waals surface area contributed by atoms with E-state index in [2.05, 4.69) is 25.8 Å². The van der Waals surface area contributed by atoms with E-state index in [4.69, 9.17) is 0 Å². The van der Waals surface area contributed by atoms with Gasteiger partial charge in [0, 0.05) is 24.5 Å². The first-order valence-electron chi connectivity index (χ1n) is 6.06. The third kappa shape index (κ3) is 2.56. The lowest BCUT2D eigenvalue weighted by atomic mass is 10.2. The van der Waals surface area contributed by atoms with Gasteiger partial charge in [-0.05, 0) is 46.3 Å². The molecule has 0 unspecified atom stereocenters. The topological polar surface area (TPSA) is 88.5 Å². The van der Waals surface area contributed by atoms with Crippen LogP contribution in [0.25, 0.3) is 5.69 Å². The maximum absolute atomic E-state index is 12.0. The van der Waals surface area contributed by atoms with Crippen molar-refractivity contribution in [3.63, 3.8) is 0 Å². The number of carbonyl (C=O) groups excluding carboxylic acids is 1. The fraction of sp³-hybridized carbons (Fsp3) is 0.0769. The van der Waals surface area contributed by atoms with Crippen molar-refractivity contribution in [2.45, 2.75) is 6.54 Å². The van der Waals surface area contributed by atoms with Crippen molar-refractivity contribution in [2.75, 3.05) is 0 Å². The molecule has 0 radical (unpaired) electrons. The molecule has 0 saturated heterocycles. The van der Waals surface area contributed by atoms with Crippen molar-refractivity contribution < 1.29 is 4.79 Å². The molecular weight excluding hydrogens is 256 g/mol. The Bertz CT molecular complexity index is 672. The Morgan fingerprint density at radius 3 is 2.75 bits per heavy atom. The number of nitrogens with zero attached hydrogens (tertiary/aromatic N) is 4. The predicted octanol–water partition coefficient (Wildman–Crippen LogP) is 0.920. The van der Waals surface area contributed by atoms with Gasteiger partial charge in [-0.15, -0.1) is 5.10 Å². The first-order valence-corrected chi connectivity index (χ1v) is 6.06. The average molecular weight is 268 g/mol. The predicted molar refractivity (Wildman–Crippen MR) is 71.1 cm³/mol. The van der Waals surface area contributed by atoms with E-state index in [0.717, 1.165) is 11.3 Å². The first-order chi connectivity index (χ1) is 9.83. The van der Waals surface area contributed by atoms with Gasteiger partial charge in [-0.25, -0.2) is 4.68 Å². The van der Waals surface area contributed by atoms with Crippen LogP contribution >= 0.6 is 0 Å². The van der Waals surface area contributed by atoms with Gasteiger partial charge in [-0.2, -0.15) is 0 Å².